The van der Waals surface area contributed by atoms with Gasteiger partial charge < -0.3 is 4.74 Å². The number of aldehydes is 1. The highest BCUT2D eigenvalue weighted by Crippen LogP contribution is 2.30. The average molecular weight is 289 g/mol. The summed E-state index contributed by atoms with van der Waals surface area (Å²) in [6.07, 6.45) is 0.840. The fourth-order valence-electron chi connectivity index (χ4n) is 1.76. The molecule has 1 aromatic carbocycles. The molecule has 0 fully saturated rings. The molecule has 0 bridgehead atoms. The first kappa shape index (κ1) is 14.7. The van der Waals surface area contributed by atoms with Gasteiger partial charge in [0.2, 0.25) is 0 Å². The summed E-state index contributed by atoms with van der Waals surface area (Å²) in [6.45, 7) is 8.81. The van der Waals surface area contributed by atoms with Crippen molar-refractivity contribution in [1.82, 2.24) is 4.98 Å². The quantitative estimate of drug-likeness (QED) is 0.771. The molecule has 2 rings (SSSR count). The van der Waals surface area contributed by atoms with E-state index in [2.05, 4.69) is 25.8 Å². The zero-order valence-electron chi connectivity index (χ0n) is 12.3. The summed E-state index contributed by atoms with van der Waals surface area (Å²) in [5.41, 5.74) is 2.58. The molecule has 2 aromatic rings. The molecule has 0 unspecified atom stereocenters. The Kier molecular flexibility index (Phi) is 4.55. The van der Waals surface area contributed by atoms with E-state index in [1.807, 2.05) is 25.1 Å². The number of aryl methyl sites for hydroxylation is 2. The molecule has 0 N–H and O–H groups in total. The van der Waals surface area contributed by atoms with E-state index in [4.69, 9.17) is 4.74 Å². The van der Waals surface area contributed by atoms with Crippen molar-refractivity contribution in [2.45, 2.75) is 27.7 Å². The lowest BCUT2D eigenvalue weighted by Crippen LogP contribution is -2.06. The molecule has 0 aliphatic carbocycles. The number of rotatable bonds is 5. The molecule has 0 aliphatic heterocycles. The van der Waals surface area contributed by atoms with Crippen LogP contribution in [0.15, 0.2) is 18.2 Å². The van der Waals surface area contributed by atoms with Gasteiger partial charge >= 0.3 is 0 Å². The number of thiazole rings is 1. The van der Waals surface area contributed by atoms with Crippen LogP contribution in [0.5, 0.6) is 5.75 Å². The number of carbonyl (C=O) groups excluding carboxylic acids is 1. The van der Waals surface area contributed by atoms with E-state index in [9.17, 15) is 4.79 Å². The minimum absolute atomic E-state index is 0.429. The van der Waals surface area contributed by atoms with Crippen molar-refractivity contribution in [3.8, 4) is 16.3 Å². The zero-order chi connectivity index (χ0) is 14.7. The molecule has 1 heterocycles. The predicted molar refractivity (Wildman–Crippen MR) is 82.7 cm³/mol. The molecule has 0 atom stereocenters. The molecule has 0 spiro atoms. The van der Waals surface area contributed by atoms with Crippen molar-refractivity contribution in [2.75, 3.05) is 6.61 Å². The third kappa shape index (κ3) is 3.25. The first-order chi connectivity index (χ1) is 9.51. The molecule has 0 aliphatic rings. The van der Waals surface area contributed by atoms with Crippen LogP contribution in [0.2, 0.25) is 0 Å². The van der Waals surface area contributed by atoms with E-state index in [-0.39, 0.29) is 0 Å². The first-order valence-electron chi connectivity index (χ1n) is 6.67. The Hall–Kier alpha value is -1.68. The maximum atomic E-state index is 11.2. The van der Waals surface area contributed by atoms with Gasteiger partial charge in [0, 0.05) is 10.4 Å². The van der Waals surface area contributed by atoms with Gasteiger partial charge in [-0.05, 0) is 38.0 Å². The van der Waals surface area contributed by atoms with Crippen LogP contribution in [0, 0.1) is 19.8 Å². The summed E-state index contributed by atoms with van der Waals surface area (Å²) < 4.78 is 5.66. The second-order valence-electron chi connectivity index (χ2n) is 5.24. The third-order valence-corrected chi connectivity index (χ3v) is 4.11. The van der Waals surface area contributed by atoms with Gasteiger partial charge in [0.1, 0.15) is 10.8 Å². The highest BCUT2D eigenvalue weighted by molar-refractivity contribution is 7.15. The summed E-state index contributed by atoms with van der Waals surface area (Å²) in [5.74, 6) is 1.07. The fraction of sp³-hybridized carbons (Fsp3) is 0.375. The van der Waals surface area contributed by atoms with E-state index in [1.165, 1.54) is 4.88 Å². The second-order valence-corrected chi connectivity index (χ2v) is 6.44. The standard InChI is InChI=1S/C16H19NO2S/c1-10(2)9-19-15-6-5-13(7-14(15)8-18)16-17-11(3)12(4)20-16/h5-8,10H,9H2,1-4H3. The van der Waals surface area contributed by atoms with Crippen LogP contribution >= 0.6 is 11.3 Å². The van der Waals surface area contributed by atoms with Crippen LogP contribution in [-0.2, 0) is 0 Å². The van der Waals surface area contributed by atoms with Crippen LogP contribution in [-0.4, -0.2) is 17.9 Å². The van der Waals surface area contributed by atoms with Crippen LogP contribution < -0.4 is 4.74 Å². The average Bonchev–Trinajstić information content (AvgIpc) is 2.76. The maximum absolute atomic E-state index is 11.2. The monoisotopic (exact) mass is 289 g/mol. The van der Waals surface area contributed by atoms with Crippen molar-refractivity contribution in [1.29, 1.82) is 0 Å². The number of ether oxygens (including phenoxy) is 1. The lowest BCUT2D eigenvalue weighted by molar-refractivity contribution is 0.111. The van der Waals surface area contributed by atoms with E-state index in [0.717, 1.165) is 22.6 Å². The van der Waals surface area contributed by atoms with E-state index in [1.54, 1.807) is 11.3 Å². The van der Waals surface area contributed by atoms with E-state index in [0.29, 0.717) is 23.8 Å². The Bertz CT molecular complexity index is 597. The molecule has 0 radical (unpaired) electrons. The summed E-state index contributed by atoms with van der Waals surface area (Å²) in [7, 11) is 0. The number of aromatic nitrogens is 1. The Morgan fingerprint density at radius 1 is 1.35 bits per heavy atom. The Labute approximate surface area is 123 Å². The van der Waals surface area contributed by atoms with Crippen LogP contribution in [0.3, 0.4) is 0 Å². The normalized spacial score (nSPS) is 10.8. The molecule has 1 aromatic heterocycles. The molecule has 4 heteroatoms. The van der Waals surface area contributed by atoms with Gasteiger partial charge in [0.05, 0.1) is 17.9 Å². The van der Waals surface area contributed by atoms with Crippen LogP contribution in [0.1, 0.15) is 34.8 Å². The second kappa shape index (κ2) is 6.18. The zero-order valence-corrected chi connectivity index (χ0v) is 13.1. The van der Waals surface area contributed by atoms with E-state index < -0.39 is 0 Å². The molecule has 0 saturated carbocycles. The Morgan fingerprint density at radius 3 is 2.65 bits per heavy atom. The number of nitrogens with zero attached hydrogens (tertiary/aromatic N) is 1. The number of carbonyl (C=O) groups is 1. The van der Waals surface area contributed by atoms with Gasteiger partial charge in [-0.3, -0.25) is 4.79 Å². The van der Waals surface area contributed by atoms with Crippen LogP contribution in [0.4, 0.5) is 0 Å². The van der Waals surface area contributed by atoms with Crippen molar-refractivity contribution in [2.24, 2.45) is 5.92 Å². The van der Waals surface area contributed by atoms with Gasteiger partial charge in [0.25, 0.3) is 0 Å². The summed E-state index contributed by atoms with van der Waals surface area (Å²) in [4.78, 5) is 17.0. The minimum atomic E-state index is 0.429. The molecular formula is C16H19NO2S. The van der Waals surface area contributed by atoms with Gasteiger partial charge in [-0.2, -0.15) is 0 Å². The van der Waals surface area contributed by atoms with Gasteiger partial charge in [-0.15, -0.1) is 11.3 Å². The molecule has 20 heavy (non-hydrogen) atoms. The molecular weight excluding hydrogens is 270 g/mol. The number of hydrogen-bond donors (Lipinski definition) is 0. The molecule has 0 amide bonds. The highest BCUT2D eigenvalue weighted by Gasteiger charge is 2.10. The van der Waals surface area contributed by atoms with Crippen molar-refractivity contribution in [3.05, 3.63) is 34.3 Å². The van der Waals surface area contributed by atoms with Crippen molar-refractivity contribution < 1.29 is 9.53 Å². The van der Waals surface area contributed by atoms with E-state index >= 15 is 0 Å². The minimum Gasteiger partial charge on any atom is -0.493 e. The lowest BCUT2D eigenvalue weighted by atomic mass is 10.1. The summed E-state index contributed by atoms with van der Waals surface area (Å²) in [5, 5.41) is 0.943. The summed E-state index contributed by atoms with van der Waals surface area (Å²) in [6, 6.07) is 5.66. The largest absolute Gasteiger partial charge is 0.493 e. The molecule has 0 saturated heterocycles. The topological polar surface area (TPSA) is 39.2 Å². The number of benzene rings is 1. The summed E-state index contributed by atoms with van der Waals surface area (Å²) >= 11 is 1.64. The highest BCUT2D eigenvalue weighted by atomic mass is 32.1. The molecule has 106 valence electrons. The molecule has 3 nitrogen and oxygen atoms in total. The van der Waals surface area contributed by atoms with Gasteiger partial charge in [-0.1, -0.05) is 13.8 Å². The number of hydrogen-bond acceptors (Lipinski definition) is 4. The third-order valence-electron chi connectivity index (χ3n) is 2.98. The van der Waals surface area contributed by atoms with Crippen LogP contribution in [0.25, 0.3) is 10.6 Å². The SMILES string of the molecule is Cc1nc(-c2ccc(OCC(C)C)c(C=O)c2)sc1C. The maximum Gasteiger partial charge on any atom is 0.153 e. The lowest BCUT2D eigenvalue weighted by Gasteiger charge is -2.11. The Balaban J connectivity index is 2.31. The Morgan fingerprint density at radius 2 is 2.10 bits per heavy atom. The first-order valence-corrected chi connectivity index (χ1v) is 7.49. The van der Waals surface area contributed by atoms with Crippen molar-refractivity contribution in [3.63, 3.8) is 0 Å². The smallest absolute Gasteiger partial charge is 0.153 e. The predicted octanol–water partition coefficient (Wildman–Crippen LogP) is 4.27. The van der Waals surface area contributed by atoms with Gasteiger partial charge in [-0.25, -0.2) is 4.98 Å². The van der Waals surface area contributed by atoms with Gasteiger partial charge in [0.15, 0.2) is 6.29 Å². The van der Waals surface area contributed by atoms with Crippen molar-refractivity contribution >= 4 is 17.6 Å². The fourth-order valence-corrected chi connectivity index (χ4v) is 2.67.